The van der Waals surface area contributed by atoms with Crippen molar-refractivity contribution in [3.05, 3.63) is 54.1 Å². The molecule has 1 atom stereocenters. The fourth-order valence-electron chi connectivity index (χ4n) is 2.88. The predicted molar refractivity (Wildman–Crippen MR) is 92.1 cm³/mol. The van der Waals surface area contributed by atoms with Crippen molar-refractivity contribution in [2.75, 3.05) is 19.0 Å². The van der Waals surface area contributed by atoms with Gasteiger partial charge in [0.1, 0.15) is 11.0 Å². The summed E-state index contributed by atoms with van der Waals surface area (Å²) in [7, 11) is -7.59. The minimum Gasteiger partial charge on any atom is -0.493 e. The number of hydrogen-bond donors (Lipinski definition) is 1. The molecule has 0 saturated carbocycles. The van der Waals surface area contributed by atoms with E-state index in [9.17, 15) is 16.8 Å². The van der Waals surface area contributed by atoms with Crippen LogP contribution >= 0.6 is 0 Å². The summed E-state index contributed by atoms with van der Waals surface area (Å²) < 4.78 is 56.5. The molecule has 0 radical (unpaired) electrons. The third-order valence-corrected chi connectivity index (χ3v) is 8.15. The van der Waals surface area contributed by atoms with E-state index in [1.54, 1.807) is 24.3 Å². The molecule has 1 unspecified atom stereocenters. The van der Waals surface area contributed by atoms with Gasteiger partial charge in [0.25, 0.3) is 0 Å². The van der Waals surface area contributed by atoms with E-state index in [0.717, 1.165) is 0 Å². The van der Waals surface area contributed by atoms with Crippen LogP contribution in [0.25, 0.3) is 0 Å². The summed E-state index contributed by atoms with van der Waals surface area (Å²) in [6.07, 6.45) is 0.368. The van der Waals surface area contributed by atoms with Gasteiger partial charge in [0.2, 0.25) is 0 Å². The van der Waals surface area contributed by atoms with E-state index in [-0.39, 0.29) is 34.3 Å². The number of aliphatic hydroxyl groups is 1. The number of aliphatic hydroxyl groups excluding tert-OH is 1. The highest BCUT2D eigenvalue weighted by Gasteiger charge is 2.45. The first kappa shape index (κ1) is 17.9. The Bertz CT molecular complexity index is 965. The first-order valence-electron chi connectivity index (χ1n) is 7.76. The van der Waals surface area contributed by atoms with E-state index in [0.29, 0.717) is 6.42 Å². The first-order valence-corrected chi connectivity index (χ1v) is 11.0. The van der Waals surface area contributed by atoms with Crippen LogP contribution in [0.15, 0.2) is 58.3 Å². The van der Waals surface area contributed by atoms with E-state index in [1.165, 1.54) is 24.3 Å². The molecule has 1 N–H and O–H groups in total. The van der Waals surface area contributed by atoms with Gasteiger partial charge in [-0.3, -0.25) is 0 Å². The van der Waals surface area contributed by atoms with Crippen LogP contribution in [0.4, 0.5) is 0 Å². The normalized spacial score (nSPS) is 18.7. The van der Waals surface area contributed by atoms with Crippen molar-refractivity contribution < 1.29 is 26.7 Å². The van der Waals surface area contributed by atoms with Gasteiger partial charge in [-0.15, -0.1) is 0 Å². The first-order chi connectivity index (χ1) is 11.9. The molecule has 0 bridgehead atoms. The maximum absolute atomic E-state index is 13.0. The Balaban J connectivity index is 2.11. The molecule has 0 saturated heterocycles. The van der Waals surface area contributed by atoms with Crippen LogP contribution in [0, 0.1) is 0 Å². The molecular weight excluding hydrogens is 364 g/mol. The quantitative estimate of drug-likeness (QED) is 0.765. The molecule has 0 spiro atoms. The lowest BCUT2D eigenvalue weighted by atomic mass is 10.1. The largest absolute Gasteiger partial charge is 0.493 e. The summed E-state index contributed by atoms with van der Waals surface area (Å²) >= 11 is 0. The molecule has 1 aliphatic rings. The molecular formula is C17H18O6S2. The average molecular weight is 382 g/mol. The van der Waals surface area contributed by atoms with Gasteiger partial charge in [-0.25, -0.2) is 16.8 Å². The van der Waals surface area contributed by atoms with Gasteiger partial charge >= 0.3 is 0 Å². The second-order valence-electron chi connectivity index (χ2n) is 5.72. The second kappa shape index (κ2) is 6.78. The van der Waals surface area contributed by atoms with Crippen molar-refractivity contribution >= 4 is 19.7 Å². The molecule has 2 aromatic carbocycles. The molecule has 6 nitrogen and oxygen atoms in total. The van der Waals surface area contributed by atoms with Crippen molar-refractivity contribution in [3.63, 3.8) is 0 Å². The molecule has 0 amide bonds. The standard InChI is InChI=1S/C17H18O6S2/c18-10-5-11-23-14-8-4-9-15-17(14)16(12-24(15,19)20)25(21,22)13-6-2-1-3-7-13/h1-4,6-9,16,18H,5,10-12H2. The minimum absolute atomic E-state index is 0.00138. The Hall–Kier alpha value is -1.90. The van der Waals surface area contributed by atoms with Gasteiger partial charge in [0.15, 0.2) is 19.7 Å². The van der Waals surface area contributed by atoms with Crippen molar-refractivity contribution in [1.29, 1.82) is 0 Å². The van der Waals surface area contributed by atoms with Crippen molar-refractivity contribution in [2.24, 2.45) is 0 Å². The zero-order chi connectivity index (χ0) is 18.1. The summed E-state index contributed by atoms with van der Waals surface area (Å²) in [5.41, 5.74) is 0.185. The molecule has 134 valence electrons. The van der Waals surface area contributed by atoms with Crippen molar-refractivity contribution in [1.82, 2.24) is 0 Å². The van der Waals surface area contributed by atoms with Crippen LogP contribution in [-0.4, -0.2) is 40.9 Å². The molecule has 25 heavy (non-hydrogen) atoms. The molecule has 8 heteroatoms. The molecule has 3 rings (SSSR count). The number of hydrogen-bond acceptors (Lipinski definition) is 6. The van der Waals surface area contributed by atoms with Crippen LogP contribution in [0.5, 0.6) is 5.75 Å². The predicted octanol–water partition coefficient (Wildman–Crippen LogP) is 1.75. The van der Waals surface area contributed by atoms with Gasteiger partial charge in [0.05, 0.1) is 22.2 Å². The maximum Gasteiger partial charge on any atom is 0.186 e. The SMILES string of the molecule is O=S1(=O)CC(S(=O)(=O)c2ccccc2)c2c(OCCCO)cccc21. The van der Waals surface area contributed by atoms with Crippen molar-refractivity contribution in [3.8, 4) is 5.75 Å². The monoisotopic (exact) mass is 382 g/mol. The third-order valence-electron chi connectivity index (χ3n) is 4.06. The zero-order valence-electron chi connectivity index (χ0n) is 13.3. The smallest absolute Gasteiger partial charge is 0.186 e. The number of benzene rings is 2. The topological polar surface area (TPSA) is 97.7 Å². The highest BCUT2D eigenvalue weighted by atomic mass is 32.2. The Labute approximate surface area is 146 Å². The summed E-state index contributed by atoms with van der Waals surface area (Å²) in [5.74, 6) is -0.267. The summed E-state index contributed by atoms with van der Waals surface area (Å²) in [5, 5.41) is 7.67. The lowest BCUT2D eigenvalue weighted by Gasteiger charge is -2.16. The third kappa shape index (κ3) is 3.29. The Morgan fingerprint density at radius 1 is 1.08 bits per heavy atom. The lowest BCUT2D eigenvalue weighted by Crippen LogP contribution is -2.16. The maximum atomic E-state index is 13.0. The van der Waals surface area contributed by atoms with Crippen LogP contribution in [0.1, 0.15) is 17.2 Å². The van der Waals surface area contributed by atoms with Crippen LogP contribution in [0.3, 0.4) is 0 Å². The molecule has 2 aromatic rings. The summed E-state index contributed by atoms with van der Waals surface area (Å²) in [6.45, 7) is 0.101. The van der Waals surface area contributed by atoms with Crippen LogP contribution < -0.4 is 4.74 Å². The van der Waals surface area contributed by atoms with Gasteiger partial charge in [-0.1, -0.05) is 24.3 Å². The second-order valence-corrected chi connectivity index (χ2v) is 9.85. The van der Waals surface area contributed by atoms with E-state index < -0.39 is 30.7 Å². The fourth-order valence-corrected chi connectivity index (χ4v) is 7.23. The number of ether oxygens (including phenoxy) is 1. The Morgan fingerprint density at radius 2 is 1.80 bits per heavy atom. The average Bonchev–Trinajstić information content (AvgIpc) is 2.89. The summed E-state index contributed by atoms with van der Waals surface area (Å²) in [6, 6.07) is 12.3. The van der Waals surface area contributed by atoms with Gasteiger partial charge in [-0.05, 0) is 24.3 Å². The van der Waals surface area contributed by atoms with Gasteiger partial charge in [-0.2, -0.15) is 0 Å². The number of sulfone groups is 2. The molecule has 1 aliphatic heterocycles. The van der Waals surface area contributed by atoms with E-state index in [1.807, 2.05) is 0 Å². The lowest BCUT2D eigenvalue weighted by molar-refractivity contribution is 0.232. The minimum atomic E-state index is -3.88. The zero-order valence-corrected chi connectivity index (χ0v) is 15.0. The number of rotatable bonds is 6. The van der Waals surface area contributed by atoms with Crippen LogP contribution in [-0.2, 0) is 19.7 Å². The fraction of sp³-hybridized carbons (Fsp3) is 0.294. The van der Waals surface area contributed by atoms with E-state index >= 15 is 0 Å². The number of fused-ring (bicyclic) bond motifs is 1. The Morgan fingerprint density at radius 3 is 2.48 bits per heavy atom. The van der Waals surface area contributed by atoms with Crippen LogP contribution in [0.2, 0.25) is 0 Å². The highest BCUT2D eigenvalue weighted by molar-refractivity contribution is 7.96. The molecule has 0 aliphatic carbocycles. The Kier molecular flexibility index (Phi) is 4.86. The van der Waals surface area contributed by atoms with E-state index in [4.69, 9.17) is 9.84 Å². The molecule has 1 heterocycles. The van der Waals surface area contributed by atoms with E-state index in [2.05, 4.69) is 0 Å². The molecule has 0 fully saturated rings. The van der Waals surface area contributed by atoms with Gasteiger partial charge in [0, 0.05) is 18.6 Å². The van der Waals surface area contributed by atoms with Gasteiger partial charge < -0.3 is 9.84 Å². The molecule has 0 aromatic heterocycles. The summed E-state index contributed by atoms with van der Waals surface area (Å²) in [4.78, 5) is 0.0757. The van der Waals surface area contributed by atoms with Crippen molar-refractivity contribution in [2.45, 2.75) is 21.5 Å². The highest BCUT2D eigenvalue weighted by Crippen LogP contribution is 2.45.